The standard InChI is InChI=1S/C20H18O8.C14H19BrN2O/c1-11-3-7-13(8-4-11)19(25)27-15(17(21)22)16(18(23)24)28-20(26)14-9-5-12(2)6-10-14;1-2-6-17-8-12(9-18)14(16,10-17)11-4-3-5-13(15)7-11/h3-10,15-16H,1-2H3,(H,21,22)(H,23,24);2-5,7,12,18H,1,6,8-10,16H2/t15-,16-;12-,14+/m10/s1. The molecular weight excluding hydrogens is 660 g/mol. The minimum Gasteiger partial charge on any atom is -0.478 e. The summed E-state index contributed by atoms with van der Waals surface area (Å²) in [6, 6.07) is 20.1. The van der Waals surface area contributed by atoms with E-state index in [1.165, 1.54) is 24.3 Å². The summed E-state index contributed by atoms with van der Waals surface area (Å²) in [7, 11) is 0. The molecule has 46 heavy (non-hydrogen) atoms. The molecule has 4 atom stereocenters. The normalized spacial score (nSPS) is 18.8. The predicted octanol–water partition coefficient (Wildman–Crippen LogP) is 3.94. The van der Waals surface area contributed by atoms with Gasteiger partial charge in [-0.15, -0.1) is 6.58 Å². The van der Waals surface area contributed by atoms with Crippen molar-refractivity contribution in [2.24, 2.45) is 11.7 Å². The highest BCUT2D eigenvalue weighted by Gasteiger charge is 2.44. The number of ether oxygens (including phenoxy) is 2. The largest absolute Gasteiger partial charge is 0.478 e. The fraction of sp³-hybridized carbons (Fsp3) is 0.294. The third-order valence-corrected chi connectivity index (χ3v) is 7.96. The van der Waals surface area contributed by atoms with Crippen LogP contribution in [0.5, 0.6) is 0 Å². The quantitative estimate of drug-likeness (QED) is 0.169. The maximum absolute atomic E-state index is 12.2. The number of nitrogens with two attached hydrogens (primary N) is 1. The maximum Gasteiger partial charge on any atom is 0.349 e. The Morgan fingerprint density at radius 1 is 0.935 bits per heavy atom. The number of esters is 2. The lowest BCUT2D eigenvalue weighted by molar-refractivity contribution is -0.166. The molecule has 1 heterocycles. The first-order chi connectivity index (χ1) is 21.8. The number of hydrogen-bond acceptors (Lipinski definition) is 9. The van der Waals surface area contributed by atoms with Crippen LogP contribution in [0, 0.1) is 19.8 Å². The summed E-state index contributed by atoms with van der Waals surface area (Å²) in [5.74, 6) is -5.56. The zero-order valence-corrected chi connectivity index (χ0v) is 27.1. The van der Waals surface area contributed by atoms with Crippen LogP contribution in [0.3, 0.4) is 0 Å². The summed E-state index contributed by atoms with van der Waals surface area (Å²) in [6.07, 6.45) is -2.57. The lowest BCUT2D eigenvalue weighted by Crippen LogP contribution is -2.45. The Kier molecular flexibility index (Phi) is 12.8. The van der Waals surface area contributed by atoms with Crippen LogP contribution in [0.25, 0.3) is 0 Å². The number of benzene rings is 3. The van der Waals surface area contributed by atoms with Gasteiger partial charge in [-0.05, 0) is 55.8 Å². The molecule has 0 aliphatic carbocycles. The van der Waals surface area contributed by atoms with Gasteiger partial charge in [-0.1, -0.05) is 69.5 Å². The molecule has 4 rings (SSSR count). The molecule has 3 aromatic carbocycles. The summed E-state index contributed by atoms with van der Waals surface area (Å²) >= 11 is 3.47. The van der Waals surface area contributed by atoms with Crippen LogP contribution in [0.15, 0.2) is 89.9 Å². The van der Waals surface area contributed by atoms with Gasteiger partial charge in [-0.3, -0.25) is 4.90 Å². The van der Waals surface area contributed by atoms with Crippen molar-refractivity contribution in [3.8, 4) is 0 Å². The van der Waals surface area contributed by atoms with E-state index >= 15 is 0 Å². The van der Waals surface area contributed by atoms with Crippen molar-refractivity contribution in [3.63, 3.8) is 0 Å². The summed E-state index contributed by atoms with van der Waals surface area (Å²) in [5.41, 5.74) is 8.95. The molecule has 5 N–H and O–H groups in total. The van der Waals surface area contributed by atoms with Crippen molar-refractivity contribution in [1.82, 2.24) is 4.90 Å². The van der Waals surface area contributed by atoms with Gasteiger partial charge in [0.1, 0.15) is 0 Å². The molecule has 0 amide bonds. The third kappa shape index (κ3) is 9.33. The number of carboxylic acid groups (broad SMARTS) is 2. The van der Waals surface area contributed by atoms with E-state index in [1.807, 2.05) is 30.3 Å². The van der Waals surface area contributed by atoms with Crippen molar-refractivity contribution < 1.29 is 44.0 Å². The van der Waals surface area contributed by atoms with Gasteiger partial charge < -0.3 is 30.5 Å². The number of aliphatic carboxylic acids is 2. The van der Waals surface area contributed by atoms with Crippen LogP contribution in [0.2, 0.25) is 0 Å². The molecule has 11 nitrogen and oxygen atoms in total. The van der Waals surface area contributed by atoms with E-state index in [4.69, 9.17) is 15.2 Å². The number of aliphatic hydroxyl groups is 1. The zero-order chi connectivity index (χ0) is 34.0. The fourth-order valence-corrected chi connectivity index (χ4v) is 5.31. The molecule has 244 valence electrons. The Morgan fingerprint density at radius 3 is 1.80 bits per heavy atom. The summed E-state index contributed by atoms with van der Waals surface area (Å²) in [5, 5.41) is 28.2. The summed E-state index contributed by atoms with van der Waals surface area (Å²) < 4.78 is 10.7. The number of hydrogen-bond donors (Lipinski definition) is 4. The van der Waals surface area contributed by atoms with E-state index in [0.29, 0.717) is 0 Å². The van der Waals surface area contributed by atoms with Crippen LogP contribution < -0.4 is 5.73 Å². The maximum atomic E-state index is 12.2. The second-order valence-electron chi connectivity index (χ2n) is 11.0. The topological polar surface area (TPSA) is 177 Å². The highest BCUT2D eigenvalue weighted by Crippen LogP contribution is 2.35. The van der Waals surface area contributed by atoms with E-state index in [-0.39, 0.29) is 23.7 Å². The van der Waals surface area contributed by atoms with Gasteiger partial charge in [0.15, 0.2) is 0 Å². The predicted molar refractivity (Wildman–Crippen MR) is 173 cm³/mol. The number of nitrogens with zero attached hydrogens (tertiary/aromatic N) is 1. The number of carboxylic acids is 2. The van der Waals surface area contributed by atoms with Crippen LogP contribution in [0.4, 0.5) is 0 Å². The average molecular weight is 698 g/mol. The monoisotopic (exact) mass is 696 g/mol. The average Bonchev–Trinajstić information content (AvgIpc) is 3.35. The molecule has 0 spiro atoms. The smallest absolute Gasteiger partial charge is 0.349 e. The molecule has 1 aliphatic rings. The first kappa shape index (κ1) is 36.1. The molecule has 0 saturated carbocycles. The van der Waals surface area contributed by atoms with Crippen molar-refractivity contribution in [2.75, 3.05) is 26.2 Å². The first-order valence-electron chi connectivity index (χ1n) is 14.3. The van der Waals surface area contributed by atoms with Crippen molar-refractivity contribution in [3.05, 3.63) is 118 Å². The third-order valence-electron chi connectivity index (χ3n) is 7.47. The number of likely N-dealkylation sites (tertiary alicyclic amines) is 1. The van der Waals surface area contributed by atoms with Crippen molar-refractivity contribution in [1.29, 1.82) is 0 Å². The van der Waals surface area contributed by atoms with E-state index in [2.05, 4.69) is 27.4 Å². The molecule has 0 bridgehead atoms. The molecule has 3 aromatic rings. The van der Waals surface area contributed by atoms with E-state index in [0.717, 1.165) is 40.8 Å². The summed E-state index contributed by atoms with van der Waals surface area (Å²) in [6.45, 7) is 9.82. The van der Waals surface area contributed by atoms with Gasteiger partial charge in [0.25, 0.3) is 0 Å². The minimum atomic E-state index is -2.22. The Hall–Kier alpha value is -4.36. The summed E-state index contributed by atoms with van der Waals surface area (Å²) in [4.78, 5) is 49.6. The molecule has 1 aliphatic heterocycles. The molecule has 0 aromatic heterocycles. The van der Waals surface area contributed by atoms with Gasteiger partial charge in [-0.2, -0.15) is 0 Å². The molecule has 0 radical (unpaired) electrons. The van der Waals surface area contributed by atoms with Crippen LogP contribution in [-0.4, -0.2) is 82.5 Å². The van der Waals surface area contributed by atoms with Crippen molar-refractivity contribution >= 4 is 39.8 Å². The van der Waals surface area contributed by atoms with Gasteiger partial charge in [0.05, 0.1) is 16.7 Å². The second-order valence-corrected chi connectivity index (χ2v) is 11.9. The first-order valence-corrected chi connectivity index (χ1v) is 15.1. The Morgan fingerprint density at radius 2 is 1.41 bits per heavy atom. The number of rotatable bonds is 11. The lowest BCUT2D eigenvalue weighted by atomic mass is 9.82. The SMILES string of the molecule is C=CCN1C[C@@H](CO)[C@](N)(c2cccc(Br)c2)C1.Cc1ccc(C(=O)O[C@@H](C(=O)O)[C@@H](OC(=O)c2ccc(C)cc2)C(=O)O)cc1. The Bertz CT molecular complexity index is 1470. The van der Waals surface area contributed by atoms with Gasteiger partial charge in [0.2, 0.25) is 12.2 Å². The van der Waals surface area contributed by atoms with E-state index in [1.54, 1.807) is 38.1 Å². The van der Waals surface area contributed by atoms with Gasteiger partial charge in [-0.25, -0.2) is 19.2 Å². The van der Waals surface area contributed by atoms with Crippen LogP contribution >= 0.6 is 15.9 Å². The number of halogens is 1. The van der Waals surface area contributed by atoms with E-state index in [9.17, 15) is 34.5 Å². The second kappa shape index (κ2) is 16.3. The Balaban J connectivity index is 0.000000275. The fourth-order valence-electron chi connectivity index (χ4n) is 4.91. The number of aryl methyl sites for hydroxylation is 2. The zero-order valence-electron chi connectivity index (χ0n) is 25.5. The molecule has 0 unspecified atom stereocenters. The molecular formula is C34H37BrN2O9. The van der Waals surface area contributed by atoms with Crippen LogP contribution in [-0.2, 0) is 24.6 Å². The highest BCUT2D eigenvalue weighted by atomic mass is 79.9. The van der Waals surface area contributed by atoms with Crippen LogP contribution in [0.1, 0.15) is 37.4 Å². The highest BCUT2D eigenvalue weighted by molar-refractivity contribution is 9.10. The number of carbonyl (C=O) groups excluding carboxylic acids is 2. The van der Waals surface area contributed by atoms with Crippen molar-refractivity contribution in [2.45, 2.75) is 31.6 Å². The number of carbonyl (C=O) groups is 4. The van der Waals surface area contributed by atoms with E-state index < -0.39 is 41.6 Å². The molecule has 12 heteroatoms. The lowest BCUT2D eigenvalue weighted by Gasteiger charge is -2.30. The minimum absolute atomic E-state index is 0.0332. The van der Waals surface area contributed by atoms with Gasteiger partial charge in [0, 0.05) is 36.6 Å². The van der Waals surface area contributed by atoms with Gasteiger partial charge >= 0.3 is 23.9 Å². The molecule has 1 fully saturated rings. The molecule has 1 saturated heterocycles. The Labute approximate surface area is 275 Å². The number of aliphatic hydroxyl groups excluding tert-OH is 1.